The van der Waals surface area contributed by atoms with Gasteiger partial charge in [-0.15, -0.1) is 0 Å². The largest absolute Gasteiger partial charge is 0.496 e. The van der Waals surface area contributed by atoms with Gasteiger partial charge in [0.15, 0.2) is 0 Å². The van der Waals surface area contributed by atoms with E-state index in [1.165, 1.54) is 0 Å². The summed E-state index contributed by atoms with van der Waals surface area (Å²) in [4.78, 5) is 0. The zero-order valence-electron chi connectivity index (χ0n) is 9.50. The van der Waals surface area contributed by atoms with Crippen molar-refractivity contribution in [2.24, 2.45) is 5.84 Å². The molecule has 1 atom stereocenters. The summed E-state index contributed by atoms with van der Waals surface area (Å²) in [7, 11) is 1.67. The van der Waals surface area contributed by atoms with E-state index in [1.807, 2.05) is 26.0 Å². The van der Waals surface area contributed by atoms with E-state index in [0.717, 1.165) is 22.4 Å². The molecule has 0 saturated carbocycles. The number of rotatable bonds is 4. The second kappa shape index (κ2) is 4.96. The zero-order valence-corrected chi connectivity index (χ0v) is 9.50. The van der Waals surface area contributed by atoms with E-state index in [4.69, 9.17) is 10.6 Å². The van der Waals surface area contributed by atoms with Crippen LogP contribution in [-0.2, 0) is 0 Å². The van der Waals surface area contributed by atoms with E-state index >= 15 is 0 Å². The Balaban J connectivity index is 3.05. The van der Waals surface area contributed by atoms with Gasteiger partial charge >= 0.3 is 0 Å². The first-order valence-electron chi connectivity index (χ1n) is 4.86. The van der Waals surface area contributed by atoms with Gasteiger partial charge in [-0.1, -0.05) is 24.3 Å². The number of aryl methyl sites for hydroxylation is 1. The first-order valence-corrected chi connectivity index (χ1v) is 4.86. The van der Waals surface area contributed by atoms with E-state index in [-0.39, 0.29) is 6.04 Å². The van der Waals surface area contributed by atoms with Gasteiger partial charge in [-0.25, -0.2) is 5.43 Å². The summed E-state index contributed by atoms with van der Waals surface area (Å²) in [5.41, 5.74) is 5.92. The second-order valence-corrected chi connectivity index (χ2v) is 3.68. The molecule has 82 valence electrons. The number of nitrogens with one attached hydrogen (secondary N) is 1. The summed E-state index contributed by atoms with van der Waals surface area (Å²) in [6, 6.07) is 5.98. The van der Waals surface area contributed by atoms with Crippen LogP contribution in [0.25, 0.3) is 0 Å². The molecular formula is C12H18N2O. The van der Waals surface area contributed by atoms with Crippen molar-refractivity contribution in [2.75, 3.05) is 7.11 Å². The van der Waals surface area contributed by atoms with Gasteiger partial charge in [-0.2, -0.15) is 0 Å². The molecule has 1 aromatic rings. The topological polar surface area (TPSA) is 47.3 Å². The smallest absolute Gasteiger partial charge is 0.121 e. The lowest BCUT2D eigenvalue weighted by Gasteiger charge is -2.17. The average molecular weight is 206 g/mol. The molecule has 0 saturated heterocycles. The lowest BCUT2D eigenvalue weighted by atomic mass is 9.99. The molecule has 0 aliphatic heterocycles. The van der Waals surface area contributed by atoms with Gasteiger partial charge < -0.3 is 4.74 Å². The minimum Gasteiger partial charge on any atom is -0.496 e. The second-order valence-electron chi connectivity index (χ2n) is 3.68. The number of hydrazine groups is 1. The summed E-state index contributed by atoms with van der Waals surface area (Å²) < 4.78 is 5.20. The highest BCUT2D eigenvalue weighted by Gasteiger charge is 2.11. The number of hydrogen-bond acceptors (Lipinski definition) is 3. The van der Waals surface area contributed by atoms with Crippen molar-refractivity contribution in [3.8, 4) is 5.75 Å². The zero-order chi connectivity index (χ0) is 11.4. The van der Waals surface area contributed by atoms with Crippen LogP contribution in [0, 0.1) is 6.92 Å². The van der Waals surface area contributed by atoms with Crippen molar-refractivity contribution in [1.82, 2.24) is 5.43 Å². The van der Waals surface area contributed by atoms with Crippen molar-refractivity contribution in [3.05, 3.63) is 41.5 Å². The predicted octanol–water partition coefficient (Wildman–Crippen LogP) is 2.08. The van der Waals surface area contributed by atoms with Gasteiger partial charge in [0.2, 0.25) is 0 Å². The number of methoxy groups -OCH3 is 1. The molecule has 15 heavy (non-hydrogen) atoms. The van der Waals surface area contributed by atoms with Crippen LogP contribution >= 0.6 is 0 Å². The first-order chi connectivity index (χ1) is 7.10. The normalized spacial score (nSPS) is 12.3. The maximum Gasteiger partial charge on any atom is 0.121 e. The fraction of sp³-hybridized carbons (Fsp3) is 0.333. The minimum atomic E-state index is -0.00499. The molecule has 3 N–H and O–H groups in total. The lowest BCUT2D eigenvalue weighted by molar-refractivity contribution is 0.411. The van der Waals surface area contributed by atoms with E-state index in [2.05, 4.69) is 18.1 Å². The number of ether oxygens (including phenoxy) is 1. The molecule has 0 aromatic heterocycles. The summed E-state index contributed by atoms with van der Waals surface area (Å²) in [6.07, 6.45) is 0. The summed E-state index contributed by atoms with van der Waals surface area (Å²) in [5, 5.41) is 0. The van der Waals surface area contributed by atoms with Crippen LogP contribution in [0.15, 0.2) is 30.4 Å². The Kier molecular flexibility index (Phi) is 3.88. The third-order valence-electron chi connectivity index (χ3n) is 2.41. The molecule has 0 bridgehead atoms. The standard InChI is InChI=1S/C12H18N2O/c1-8(2)12(14-13)10-5-6-11(15-4)9(3)7-10/h5-7,12,14H,1,13H2,2-4H3. The molecule has 1 unspecified atom stereocenters. The quantitative estimate of drug-likeness (QED) is 0.450. The fourth-order valence-corrected chi connectivity index (χ4v) is 1.60. The number of nitrogens with two attached hydrogens (primary N) is 1. The molecule has 0 aliphatic rings. The van der Waals surface area contributed by atoms with Gasteiger partial charge in [0.05, 0.1) is 13.2 Å². The van der Waals surface area contributed by atoms with Crippen LogP contribution in [0.3, 0.4) is 0 Å². The number of benzene rings is 1. The average Bonchev–Trinajstić information content (AvgIpc) is 2.18. The van der Waals surface area contributed by atoms with Crippen molar-refractivity contribution in [3.63, 3.8) is 0 Å². The molecule has 1 rings (SSSR count). The van der Waals surface area contributed by atoms with E-state index < -0.39 is 0 Å². The minimum absolute atomic E-state index is 0.00499. The Hall–Kier alpha value is -1.32. The molecule has 0 aliphatic carbocycles. The Morgan fingerprint density at radius 2 is 2.20 bits per heavy atom. The molecule has 0 radical (unpaired) electrons. The lowest BCUT2D eigenvalue weighted by Crippen LogP contribution is -2.28. The molecule has 0 spiro atoms. The van der Waals surface area contributed by atoms with Crippen LogP contribution in [-0.4, -0.2) is 7.11 Å². The van der Waals surface area contributed by atoms with Crippen LogP contribution in [0.5, 0.6) is 5.75 Å². The predicted molar refractivity (Wildman–Crippen MR) is 62.6 cm³/mol. The highest BCUT2D eigenvalue weighted by molar-refractivity contribution is 5.39. The van der Waals surface area contributed by atoms with Crippen LogP contribution in [0.1, 0.15) is 24.1 Å². The van der Waals surface area contributed by atoms with Crippen molar-refractivity contribution < 1.29 is 4.74 Å². The maximum absolute atomic E-state index is 5.48. The molecule has 3 nitrogen and oxygen atoms in total. The molecular weight excluding hydrogens is 188 g/mol. The molecule has 0 amide bonds. The summed E-state index contributed by atoms with van der Waals surface area (Å²) >= 11 is 0. The monoisotopic (exact) mass is 206 g/mol. The van der Waals surface area contributed by atoms with Crippen molar-refractivity contribution in [2.45, 2.75) is 19.9 Å². The third kappa shape index (κ3) is 2.58. The Morgan fingerprint density at radius 1 is 1.53 bits per heavy atom. The van der Waals surface area contributed by atoms with Crippen LogP contribution in [0.4, 0.5) is 0 Å². The van der Waals surface area contributed by atoms with Crippen LogP contribution < -0.4 is 16.0 Å². The molecule has 1 aromatic carbocycles. The van der Waals surface area contributed by atoms with E-state index in [1.54, 1.807) is 7.11 Å². The Bertz CT molecular complexity index is 361. The van der Waals surface area contributed by atoms with Crippen LogP contribution in [0.2, 0.25) is 0 Å². The van der Waals surface area contributed by atoms with Gasteiger partial charge in [-0.3, -0.25) is 5.84 Å². The van der Waals surface area contributed by atoms with Gasteiger partial charge in [0, 0.05) is 0 Å². The molecule has 0 heterocycles. The van der Waals surface area contributed by atoms with Gasteiger partial charge in [0.25, 0.3) is 0 Å². The van der Waals surface area contributed by atoms with Crippen molar-refractivity contribution in [1.29, 1.82) is 0 Å². The highest BCUT2D eigenvalue weighted by atomic mass is 16.5. The molecule has 3 heteroatoms. The summed E-state index contributed by atoms with van der Waals surface area (Å²) in [6.45, 7) is 7.86. The van der Waals surface area contributed by atoms with Crippen molar-refractivity contribution >= 4 is 0 Å². The van der Waals surface area contributed by atoms with E-state index in [9.17, 15) is 0 Å². The third-order valence-corrected chi connectivity index (χ3v) is 2.41. The Labute approximate surface area is 90.9 Å². The van der Waals surface area contributed by atoms with Gasteiger partial charge in [0.1, 0.15) is 5.75 Å². The Morgan fingerprint density at radius 3 is 2.60 bits per heavy atom. The number of hydrogen-bond donors (Lipinski definition) is 2. The molecule has 0 fully saturated rings. The first kappa shape index (κ1) is 11.8. The van der Waals surface area contributed by atoms with Gasteiger partial charge in [-0.05, 0) is 31.0 Å². The summed E-state index contributed by atoms with van der Waals surface area (Å²) in [5.74, 6) is 6.37. The highest BCUT2D eigenvalue weighted by Crippen LogP contribution is 2.25. The maximum atomic E-state index is 5.48. The van der Waals surface area contributed by atoms with E-state index in [0.29, 0.717) is 0 Å². The SMILES string of the molecule is C=C(C)C(NN)c1ccc(OC)c(C)c1. The fourth-order valence-electron chi connectivity index (χ4n) is 1.60.